The SMILES string of the molecule is CC(C)C(C)(C(=O)NC[C@@H](N)c1ccccc1)C(C)C.Cl. The second-order valence-electron chi connectivity index (χ2n) is 6.32. The fourth-order valence-corrected chi connectivity index (χ4v) is 2.40. The Bertz CT molecular complexity index is 424. The molecular formula is C17H29ClN2O. The lowest BCUT2D eigenvalue weighted by Gasteiger charge is -2.36. The van der Waals surface area contributed by atoms with Gasteiger partial charge in [0.1, 0.15) is 0 Å². The van der Waals surface area contributed by atoms with E-state index in [2.05, 4.69) is 33.0 Å². The molecule has 1 aromatic rings. The normalized spacial score (nSPS) is 13.0. The summed E-state index contributed by atoms with van der Waals surface area (Å²) in [6, 6.07) is 9.70. The molecule has 0 unspecified atom stereocenters. The second kappa shape index (κ2) is 8.40. The molecule has 0 aliphatic rings. The van der Waals surface area contributed by atoms with Crippen molar-refractivity contribution in [1.29, 1.82) is 0 Å². The molecule has 0 bridgehead atoms. The molecule has 0 spiro atoms. The Kier molecular flexibility index (Phi) is 7.98. The van der Waals surface area contributed by atoms with E-state index in [0.717, 1.165) is 5.56 Å². The summed E-state index contributed by atoms with van der Waals surface area (Å²) in [7, 11) is 0. The average molecular weight is 313 g/mol. The highest BCUT2D eigenvalue weighted by Crippen LogP contribution is 2.35. The summed E-state index contributed by atoms with van der Waals surface area (Å²) < 4.78 is 0. The first-order chi connectivity index (χ1) is 9.30. The highest BCUT2D eigenvalue weighted by atomic mass is 35.5. The first-order valence-electron chi connectivity index (χ1n) is 7.39. The number of carbonyl (C=O) groups excluding carboxylic acids is 1. The largest absolute Gasteiger partial charge is 0.354 e. The number of hydrogen-bond donors (Lipinski definition) is 2. The van der Waals surface area contributed by atoms with Crippen molar-refractivity contribution in [3.05, 3.63) is 35.9 Å². The Morgan fingerprint density at radius 1 is 1.14 bits per heavy atom. The molecule has 1 rings (SSSR count). The minimum atomic E-state index is -0.365. The zero-order valence-corrected chi connectivity index (χ0v) is 14.5. The van der Waals surface area contributed by atoms with E-state index in [9.17, 15) is 4.79 Å². The van der Waals surface area contributed by atoms with Gasteiger partial charge in [-0.15, -0.1) is 12.4 Å². The Morgan fingerprint density at radius 2 is 1.62 bits per heavy atom. The lowest BCUT2D eigenvalue weighted by Crippen LogP contribution is -2.47. The standard InChI is InChI=1S/C17H28N2O.ClH/c1-12(2)17(5,13(3)4)16(20)19-11-15(18)14-9-7-6-8-10-14;/h6-10,12-13,15H,11,18H2,1-5H3,(H,19,20);1H/t15-;/m1./s1. The molecule has 0 saturated heterocycles. The van der Waals surface area contributed by atoms with E-state index in [1.54, 1.807) is 0 Å². The first kappa shape index (κ1) is 19.9. The summed E-state index contributed by atoms with van der Waals surface area (Å²) in [6.45, 7) is 10.9. The van der Waals surface area contributed by atoms with Gasteiger partial charge in [0.15, 0.2) is 0 Å². The van der Waals surface area contributed by atoms with Crippen molar-refractivity contribution in [2.75, 3.05) is 6.54 Å². The second-order valence-corrected chi connectivity index (χ2v) is 6.32. The molecule has 0 aliphatic heterocycles. The van der Waals surface area contributed by atoms with Gasteiger partial charge in [-0.05, 0) is 17.4 Å². The van der Waals surface area contributed by atoms with Crippen LogP contribution in [0.5, 0.6) is 0 Å². The van der Waals surface area contributed by atoms with Crippen LogP contribution < -0.4 is 11.1 Å². The van der Waals surface area contributed by atoms with E-state index < -0.39 is 0 Å². The van der Waals surface area contributed by atoms with Gasteiger partial charge in [0, 0.05) is 12.6 Å². The Labute approximate surface area is 135 Å². The molecule has 1 atom stereocenters. The maximum absolute atomic E-state index is 12.5. The van der Waals surface area contributed by atoms with Crippen LogP contribution in [0.4, 0.5) is 0 Å². The summed E-state index contributed by atoms with van der Waals surface area (Å²) in [5.41, 5.74) is 6.80. The Hall–Kier alpha value is -1.06. The minimum Gasteiger partial charge on any atom is -0.354 e. The molecule has 1 aromatic carbocycles. The molecule has 0 heterocycles. The summed E-state index contributed by atoms with van der Waals surface area (Å²) in [4.78, 5) is 12.5. The topological polar surface area (TPSA) is 55.1 Å². The number of carbonyl (C=O) groups is 1. The molecule has 0 aromatic heterocycles. The van der Waals surface area contributed by atoms with Crippen LogP contribution in [0.1, 0.15) is 46.2 Å². The van der Waals surface area contributed by atoms with Crippen LogP contribution in [0.3, 0.4) is 0 Å². The third-order valence-electron chi connectivity index (χ3n) is 4.60. The molecule has 21 heavy (non-hydrogen) atoms. The van der Waals surface area contributed by atoms with Gasteiger partial charge in [-0.1, -0.05) is 65.0 Å². The van der Waals surface area contributed by atoms with Crippen LogP contribution >= 0.6 is 12.4 Å². The molecule has 0 aliphatic carbocycles. The third kappa shape index (κ3) is 4.72. The van der Waals surface area contributed by atoms with Gasteiger partial charge < -0.3 is 11.1 Å². The van der Waals surface area contributed by atoms with Crippen molar-refractivity contribution in [1.82, 2.24) is 5.32 Å². The number of benzene rings is 1. The van der Waals surface area contributed by atoms with Crippen molar-refractivity contribution in [2.45, 2.75) is 40.7 Å². The van der Waals surface area contributed by atoms with Crippen LogP contribution in [0.25, 0.3) is 0 Å². The smallest absolute Gasteiger partial charge is 0.226 e. The number of nitrogens with two attached hydrogens (primary N) is 1. The lowest BCUT2D eigenvalue weighted by molar-refractivity contribution is -0.135. The number of nitrogens with one attached hydrogen (secondary N) is 1. The van der Waals surface area contributed by atoms with E-state index in [1.165, 1.54) is 0 Å². The number of hydrogen-bond acceptors (Lipinski definition) is 2. The first-order valence-corrected chi connectivity index (χ1v) is 7.39. The maximum Gasteiger partial charge on any atom is 0.226 e. The fraction of sp³-hybridized carbons (Fsp3) is 0.588. The summed E-state index contributed by atoms with van der Waals surface area (Å²) in [5, 5.41) is 3.02. The van der Waals surface area contributed by atoms with Gasteiger partial charge in [-0.25, -0.2) is 0 Å². The highest BCUT2D eigenvalue weighted by molar-refractivity contribution is 5.85. The minimum absolute atomic E-state index is 0. The molecular weight excluding hydrogens is 284 g/mol. The van der Waals surface area contributed by atoms with Crippen molar-refractivity contribution >= 4 is 18.3 Å². The predicted octanol–water partition coefficient (Wildman–Crippen LogP) is 3.54. The molecule has 4 heteroatoms. The third-order valence-corrected chi connectivity index (χ3v) is 4.60. The number of halogens is 1. The zero-order valence-electron chi connectivity index (χ0n) is 13.7. The van der Waals surface area contributed by atoms with Gasteiger partial charge in [0.25, 0.3) is 0 Å². The van der Waals surface area contributed by atoms with E-state index in [-0.39, 0.29) is 41.6 Å². The van der Waals surface area contributed by atoms with Gasteiger partial charge in [0.05, 0.1) is 5.41 Å². The van der Waals surface area contributed by atoms with E-state index in [1.807, 2.05) is 37.3 Å². The Balaban J connectivity index is 0.00000400. The predicted molar refractivity (Wildman–Crippen MR) is 91.4 cm³/mol. The van der Waals surface area contributed by atoms with E-state index in [4.69, 9.17) is 5.73 Å². The van der Waals surface area contributed by atoms with Crippen molar-refractivity contribution in [3.8, 4) is 0 Å². The van der Waals surface area contributed by atoms with Crippen LogP contribution in [0.2, 0.25) is 0 Å². The maximum atomic E-state index is 12.5. The average Bonchev–Trinajstić information content (AvgIpc) is 2.43. The quantitative estimate of drug-likeness (QED) is 0.844. The Morgan fingerprint density at radius 3 is 2.05 bits per heavy atom. The van der Waals surface area contributed by atoms with Gasteiger partial charge in [-0.2, -0.15) is 0 Å². The summed E-state index contributed by atoms with van der Waals surface area (Å²) >= 11 is 0. The number of amides is 1. The van der Waals surface area contributed by atoms with E-state index in [0.29, 0.717) is 6.54 Å². The molecule has 0 fully saturated rings. The molecule has 3 N–H and O–H groups in total. The highest BCUT2D eigenvalue weighted by Gasteiger charge is 2.39. The summed E-state index contributed by atoms with van der Waals surface area (Å²) in [6.07, 6.45) is 0. The lowest BCUT2D eigenvalue weighted by atomic mass is 9.70. The van der Waals surface area contributed by atoms with Gasteiger partial charge in [-0.3, -0.25) is 4.79 Å². The van der Waals surface area contributed by atoms with Crippen molar-refractivity contribution in [2.24, 2.45) is 23.0 Å². The monoisotopic (exact) mass is 312 g/mol. The summed E-state index contributed by atoms with van der Waals surface area (Å²) in [5.74, 6) is 0.666. The zero-order chi connectivity index (χ0) is 15.3. The molecule has 3 nitrogen and oxygen atoms in total. The molecule has 0 saturated carbocycles. The molecule has 1 amide bonds. The van der Waals surface area contributed by atoms with Crippen LogP contribution in [0.15, 0.2) is 30.3 Å². The van der Waals surface area contributed by atoms with Crippen molar-refractivity contribution in [3.63, 3.8) is 0 Å². The molecule has 0 radical (unpaired) electrons. The van der Waals surface area contributed by atoms with Gasteiger partial charge >= 0.3 is 0 Å². The number of rotatable bonds is 6. The molecule has 120 valence electrons. The van der Waals surface area contributed by atoms with Gasteiger partial charge in [0.2, 0.25) is 5.91 Å². The van der Waals surface area contributed by atoms with Crippen LogP contribution in [-0.2, 0) is 4.79 Å². The van der Waals surface area contributed by atoms with Crippen LogP contribution in [0, 0.1) is 17.3 Å². The van der Waals surface area contributed by atoms with Crippen LogP contribution in [-0.4, -0.2) is 12.5 Å². The van der Waals surface area contributed by atoms with Crippen molar-refractivity contribution < 1.29 is 4.79 Å². The van der Waals surface area contributed by atoms with E-state index >= 15 is 0 Å². The fourth-order valence-electron chi connectivity index (χ4n) is 2.40.